The number of nitrogens with zero attached hydrogens (tertiary/aromatic N) is 1. The van der Waals surface area contributed by atoms with Crippen LogP contribution in [-0.2, 0) is 6.54 Å². The van der Waals surface area contributed by atoms with Crippen molar-refractivity contribution in [3.05, 3.63) is 23.8 Å². The molecule has 0 saturated heterocycles. The van der Waals surface area contributed by atoms with Gasteiger partial charge in [0.25, 0.3) is 0 Å². The van der Waals surface area contributed by atoms with Crippen LogP contribution in [0.5, 0.6) is 5.75 Å². The highest BCUT2D eigenvalue weighted by Gasteiger charge is 2.17. The van der Waals surface area contributed by atoms with Gasteiger partial charge in [-0.1, -0.05) is 12.1 Å². The molecule has 0 aliphatic heterocycles. The van der Waals surface area contributed by atoms with Gasteiger partial charge in [0, 0.05) is 18.0 Å². The van der Waals surface area contributed by atoms with E-state index in [1.165, 1.54) is 7.11 Å². The Morgan fingerprint density at radius 2 is 2.00 bits per heavy atom. The molecule has 0 radical (unpaired) electrons. The Balaban J connectivity index is 2.92. The van der Waals surface area contributed by atoms with Gasteiger partial charge in [0.05, 0.1) is 7.11 Å². The maximum Gasteiger partial charge on any atom is 0.492 e. The summed E-state index contributed by atoms with van der Waals surface area (Å²) in [5.41, 5.74) is 1.44. The van der Waals surface area contributed by atoms with Gasteiger partial charge in [0.15, 0.2) is 0 Å². The molecule has 0 aliphatic rings. The summed E-state index contributed by atoms with van der Waals surface area (Å²) in [4.78, 5) is 2.18. The molecule has 4 nitrogen and oxygen atoms in total. The highest BCUT2D eigenvalue weighted by Crippen LogP contribution is 2.12. The van der Waals surface area contributed by atoms with E-state index in [0.717, 1.165) is 12.1 Å². The van der Waals surface area contributed by atoms with E-state index >= 15 is 0 Å². The van der Waals surface area contributed by atoms with Crippen LogP contribution >= 0.6 is 0 Å². The molecule has 0 atom stereocenters. The zero-order valence-electron chi connectivity index (χ0n) is 10.8. The standard InChI is InChI=1S/C12H20BNO3/c1-9(2)14(3)8-10-5-6-12(17-4)11(7-10)13(15)16/h5-7,9,15-16H,8H2,1-4H3. The molecule has 0 fully saturated rings. The fraction of sp³-hybridized carbons (Fsp3) is 0.500. The van der Waals surface area contributed by atoms with Crippen LogP contribution in [0.15, 0.2) is 18.2 Å². The minimum absolute atomic E-state index is 0.405. The summed E-state index contributed by atoms with van der Waals surface area (Å²) >= 11 is 0. The molecule has 1 aromatic rings. The van der Waals surface area contributed by atoms with Crippen LogP contribution in [0, 0.1) is 0 Å². The normalized spacial score (nSPS) is 11.1. The van der Waals surface area contributed by atoms with Crippen LogP contribution in [0.4, 0.5) is 0 Å². The van der Waals surface area contributed by atoms with Gasteiger partial charge in [-0.2, -0.15) is 0 Å². The van der Waals surface area contributed by atoms with E-state index in [9.17, 15) is 10.0 Å². The van der Waals surface area contributed by atoms with E-state index in [4.69, 9.17) is 4.74 Å². The third kappa shape index (κ3) is 3.73. The van der Waals surface area contributed by atoms with Crippen LogP contribution in [0.3, 0.4) is 0 Å². The highest BCUT2D eigenvalue weighted by molar-refractivity contribution is 6.59. The first kappa shape index (κ1) is 14.0. The zero-order chi connectivity index (χ0) is 13.0. The van der Waals surface area contributed by atoms with Gasteiger partial charge in [-0.15, -0.1) is 0 Å². The number of hydrogen-bond acceptors (Lipinski definition) is 4. The summed E-state index contributed by atoms with van der Waals surface area (Å²) < 4.78 is 5.08. The van der Waals surface area contributed by atoms with E-state index in [-0.39, 0.29) is 0 Å². The second kappa shape index (κ2) is 6.05. The predicted octanol–water partition coefficient (Wildman–Crippen LogP) is 0.215. The van der Waals surface area contributed by atoms with Gasteiger partial charge in [-0.05, 0) is 32.5 Å². The Bertz CT molecular complexity index is 369. The fourth-order valence-electron chi connectivity index (χ4n) is 1.55. The molecule has 0 amide bonds. The smallest absolute Gasteiger partial charge is 0.492 e. The SMILES string of the molecule is COc1ccc(CN(C)C(C)C)cc1B(O)O. The molecule has 5 heteroatoms. The molecule has 94 valence electrons. The summed E-state index contributed by atoms with van der Waals surface area (Å²) in [7, 11) is 2.04. The van der Waals surface area contributed by atoms with Gasteiger partial charge in [0.2, 0.25) is 0 Å². The van der Waals surface area contributed by atoms with E-state index in [0.29, 0.717) is 17.3 Å². The molecule has 0 bridgehead atoms. The summed E-state index contributed by atoms with van der Waals surface area (Å²) in [6.07, 6.45) is 0. The molecule has 0 unspecified atom stereocenters. The van der Waals surface area contributed by atoms with Crippen LogP contribution in [0.1, 0.15) is 19.4 Å². The minimum atomic E-state index is -1.51. The number of ether oxygens (including phenoxy) is 1. The molecule has 1 aromatic carbocycles. The fourth-order valence-corrected chi connectivity index (χ4v) is 1.55. The number of methoxy groups -OCH3 is 1. The maximum absolute atomic E-state index is 9.27. The molecule has 0 heterocycles. The van der Waals surface area contributed by atoms with Gasteiger partial charge in [-0.25, -0.2) is 0 Å². The maximum atomic E-state index is 9.27. The van der Waals surface area contributed by atoms with E-state index < -0.39 is 7.12 Å². The quantitative estimate of drug-likeness (QED) is 0.719. The van der Waals surface area contributed by atoms with Crippen LogP contribution in [0.25, 0.3) is 0 Å². The predicted molar refractivity (Wildman–Crippen MR) is 69.4 cm³/mol. The monoisotopic (exact) mass is 237 g/mol. The summed E-state index contributed by atoms with van der Waals surface area (Å²) in [6.45, 7) is 5.00. The van der Waals surface area contributed by atoms with Crippen molar-refractivity contribution in [1.29, 1.82) is 0 Å². The number of rotatable bonds is 5. The second-order valence-corrected chi connectivity index (χ2v) is 4.46. The summed E-state index contributed by atoms with van der Waals surface area (Å²) in [6, 6.07) is 5.91. The lowest BCUT2D eigenvalue weighted by Crippen LogP contribution is -2.32. The topological polar surface area (TPSA) is 52.9 Å². The van der Waals surface area contributed by atoms with Crippen LogP contribution in [0.2, 0.25) is 0 Å². The van der Waals surface area contributed by atoms with Crippen LogP contribution in [-0.4, -0.2) is 42.3 Å². The largest absolute Gasteiger partial charge is 0.497 e. The van der Waals surface area contributed by atoms with E-state index in [1.807, 2.05) is 13.1 Å². The lowest BCUT2D eigenvalue weighted by molar-refractivity contribution is 0.266. The Morgan fingerprint density at radius 3 is 2.47 bits per heavy atom. The lowest BCUT2D eigenvalue weighted by Gasteiger charge is -2.21. The van der Waals surface area contributed by atoms with Crippen LogP contribution < -0.4 is 10.2 Å². The average Bonchev–Trinajstić information content (AvgIpc) is 2.28. The molecule has 0 saturated carbocycles. The van der Waals surface area contributed by atoms with Gasteiger partial charge < -0.3 is 14.8 Å². The Labute approximate surface area is 103 Å². The van der Waals surface area contributed by atoms with Gasteiger partial charge >= 0.3 is 7.12 Å². The molecule has 1 rings (SSSR count). The average molecular weight is 237 g/mol. The first-order chi connectivity index (χ1) is 7.95. The molecule has 17 heavy (non-hydrogen) atoms. The van der Waals surface area contributed by atoms with Crippen molar-refractivity contribution < 1.29 is 14.8 Å². The van der Waals surface area contributed by atoms with Crippen molar-refractivity contribution >= 4 is 12.6 Å². The Morgan fingerprint density at radius 1 is 1.35 bits per heavy atom. The zero-order valence-corrected chi connectivity index (χ0v) is 10.8. The molecular weight excluding hydrogens is 217 g/mol. The third-order valence-electron chi connectivity index (χ3n) is 2.89. The molecular formula is C12H20BNO3. The van der Waals surface area contributed by atoms with Gasteiger partial charge in [0.1, 0.15) is 5.75 Å². The molecule has 0 aliphatic carbocycles. The Kier molecular flexibility index (Phi) is 4.99. The van der Waals surface area contributed by atoms with E-state index in [1.54, 1.807) is 12.1 Å². The first-order valence-corrected chi connectivity index (χ1v) is 5.69. The van der Waals surface area contributed by atoms with Crippen molar-refractivity contribution in [2.24, 2.45) is 0 Å². The third-order valence-corrected chi connectivity index (χ3v) is 2.89. The minimum Gasteiger partial charge on any atom is -0.497 e. The van der Waals surface area contributed by atoms with Gasteiger partial charge in [-0.3, -0.25) is 4.90 Å². The number of hydrogen-bond donors (Lipinski definition) is 2. The van der Waals surface area contributed by atoms with Crippen molar-refractivity contribution in [2.75, 3.05) is 14.2 Å². The Hall–Kier alpha value is -1.04. The van der Waals surface area contributed by atoms with Crippen molar-refractivity contribution in [2.45, 2.75) is 26.4 Å². The second-order valence-electron chi connectivity index (χ2n) is 4.46. The van der Waals surface area contributed by atoms with E-state index in [2.05, 4.69) is 18.7 Å². The first-order valence-electron chi connectivity index (χ1n) is 5.69. The highest BCUT2D eigenvalue weighted by atomic mass is 16.5. The summed E-state index contributed by atoms with van der Waals surface area (Å²) in [5, 5.41) is 18.5. The van der Waals surface area contributed by atoms with Crippen molar-refractivity contribution in [3.8, 4) is 5.75 Å². The number of benzene rings is 1. The molecule has 0 spiro atoms. The van der Waals surface area contributed by atoms with Crippen molar-refractivity contribution in [3.63, 3.8) is 0 Å². The molecule has 0 aromatic heterocycles. The molecule has 2 N–H and O–H groups in total. The lowest BCUT2D eigenvalue weighted by atomic mass is 9.78. The summed E-state index contributed by atoms with van der Waals surface area (Å²) in [5.74, 6) is 0.496. The van der Waals surface area contributed by atoms with Crippen molar-refractivity contribution in [1.82, 2.24) is 4.90 Å².